The number of carbonyl (C=O) groups excluding carboxylic acids is 2. The summed E-state index contributed by atoms with van der Waals surface area (Å²) >= 11 is 6.06. The molecule has 0 aromatic heterocycles. The van der Waals surface area contributed by atoms with Crippen molar-refractivity contribution in [2.45, 2.75) is 31.2 Å². The van der Waals surface area contributed by atoms with E-state index < -0.39 is 15.9 Å². The lowest BCUT2D eigenvalue weighted by atomic mass is 10.2. The van der Waals surface area contributed by atoms with Crippen molar-refractivity contribution in [2.24, 2.45) is 0 Å². The highest BCUT2D eigenvalue weighted by Gasteiger charge is 2.19. The predicted octanol–water partition coefficient (Wildman–Crippen LogP) is 2.28. The van der Waals surface area contributed by atoms with Crippen LogP contribution in [0.2, 0.25) is 5.02 Å². The first-order valence-corrected chi connectivity index (χ1v) is 11.1. The lowest BCUT2D eigenvalue weighted by Gasteiger charge is -2.12. The van der Waals surface area contributed by atoms with Crippen molar-refractivity contribution in [3.63, 3.8) is 0 Å². The minimum atomic E-state index is -3.75. The van der Waals surface area contributed by atoms with Crippen molar-refractivity contribution in [1.29, 1.82) is 0 Å². The molecule has 0 atom stereocenters. The lowest BCUT2D eigenvalue weighted by Crippen LogP contribution is -2.31. The normalized spacial score (nSPS) is 11.3. The molecule has 4 N–H and O–H groups in total. The van der Waals surface area contributed by atoms with Crippen LogP contribution in [-0.2, 0) is 10.0 Å². The fourth-order valence-electron chi connectivity index (χ4n) is 2.56. The third kappa shape index (κ3) is 6.72. The topological polar surface area (TPSA) is 125 Å². The molecule has 0 spiro atoms. The van der Waals surface area contributed by atoms with Crippen LogP contribution in [0.25, 0.3) is 0 Å². The van der Waals surface area contributed by atoms with Crippen LogP contribution >= 0.6 is 11.6 Å². The average Bonchev–Trinajstić information content (AvgIpc) is 2.66. The minimum absolute atomic E-state index is 0.000342. The Morgan fingerprint density at radius 2 is 1.70 bits per heavy atom. The average molecular weight is 454 g/mol. The molecule has 30 heavy (non-hydrogen) atoms. The number of hydrogen-bond donors (Lipinski definition) is 4. The molecule has 10 heteroatoms. The molecule has 0 bridgehead atoms. The number of amides is 2. The Balaban J connectivity index is 1.89. The number of aromatic hydroxyl groups is 1. The largest absolute Gasteiger partial charge is 0.508 e. The van der Waals surface area contributed by atoms with Crippen LogP contribution < -0.4 is 15.4 Å². The van der Waals surface area contributed by atoms with Gasteiger partial charge < -0.3 is 15.7 Å². The van der Waals surface area contributed by atoms with Crippen LogP contribution in [0.4, 0.5) is 0 Å². The molecule has 2 aromatic carbocycles. The SMILES string of the molecule is CC(C)NS(=O)(=O)c1ccc(Cl)c(C(=O)NCCCNC(=O)c2cccc(O)c2)c1. The molecule has 0 unspecified atom stereocenters. The zero-order chi connectivity index (χ0) is 22.3. The Hall–Kier alpha value is -2.62. The Bertz CT molecular complexity index is 1020. The molecule has 0 saturated carbocycles. The monoisotopic (exact) mass is 453 g/mol. The summed E-state index contributed by atoms with van der Waals surface area (Å²) in [5, 5.41) is 14.9. The molecule has 0 aliphatic heterocycles. The maximum absolute atomic E-state index is 12.4. The van der Waals surface area contributed by atoms with Crippen molar-refractivity contribution in [1.82, 2.24) is 15.4 Å². The third-order valence-corrected chi connectivity index (χ3v) is 5.90. The van der Waals surface area contributed by atoms with E-state index in [1.807, 2.05) is 0 Å². The molecule has 0 aliphatic carbocycles. The van der Waals surface area contributed by atoms with Gasteiger partial charge in [-0.15, -0.1) is 0 Å². The fraction of sp³-hybridized carbons (Fsp3) is 0.300. The van der Waals surface area contributed by atoms with Gasteiger partial charge in [-0.25, -0.2) is 13.1 Å². The Labute approximate surface area is 180 Å². The van der Waals surface area contributed by atoms with E-state index in [9.17, 15) is 23.1 Å². The highest BCUT2D eigenvalue weighted by molar-refractivity contribution is 7.89. The first-order valence-electron chi connectivity index (χ1n) is 9.27. The number of rotatable bonds is 9. The molecule has 2 rings (SSSR count). The van der Waals surface area contributed by atoms with Gasteiger partial charge in [-0.1, -0.05) is 17.7 Å². The molecule has 0 heterocycles. The number of phenolic OH excluding ortho intramolecular Hbond substituents is 1. The van der Waals surface area contributed by atoms with Crippen molar-refractivity contribution in [3.8, 4) is 5.75 Å². The van der Waals surface area contributed by atoms with E-state index in [-0.39, 0.29) is 39.7 Å². The van der Waals surface area contributed by atoms with Crippen LogP contribution in [0.15, 0.2) is 47.4 Å². The number of benzene rings is 2. The molecule has 0 aliphatic rings. The van der Waals surface area contributed by atoms with Crippen molar-refractivity contribution < 1.29 is 23.1 Å². The number of hydrogen-bond acceptors (Lipinski definition) is 5. The van der Waals surface area contributed by atoms with E-state index in [4.69, 9.17) is 11.6 Å². The number of phenols is 1. The van der Waals surface area contributed by atoms with Gasteiger partial charge in [0, 0.05) is 24.7 Å². The lowest BCUT2D eigenvalue weighted by molar-refractivity contribution is 0.0951. The number of sulfonamides is 1. The van der Waals surface area contributed by atoms with E-state index in [0.29, 0.717) is 18.5 Å². The highest BCUT2D eigenvalue weighted by atomic mass is 35.5. The summed E-state index contributed by atoms with van der Waals surface area (Å²) in [5.41, 5.74) is 0.381. The van der Waals surface area contributed by atoms with Gasteiger partial charge in [-0.05, 0) is 56.7 Å². The van der Waals surface area contributed by atoms with Crippen molar-refractivity contribution >= 4 is 33.4 Å². The van der Waals surface area contributed by atoms with Crippen molar-refractivity contribution in [2.75, 3.05) is 13.1 Å². The molecule has 0 radical (unpaired) electrons. The standard InChI is InChI=1S/C20H24ClN3O5S/c1-13(2)24-30(28,29)16-7-8-18(21)17(12-16)20(27)23-10-4-9-22-19(26)14-5-3-6-15(25)11-14/h3,5-8,11-13,24-25H,4,9-10H2,1-2H3,(H,22,26)(H,23,27). The second kappa shape index (κ2) is 10.4. The molecule has 0 saturated heterocycles. The number of carbonyl (C=O) groups is 2. The quantitative estimate of drug-likeness (QED) is 0.433. The maximum atomic E-state index is 12.4. The van der Waals surface area contributed by atoms with Gasteiger partial charge in [-0.3, -0.25) is 9.59 Å². The van der Waals surface area contributed by atoms with E-state index in [1.54, 1.807) is 26.0 Å². The first kappa shape index (κ1) is 23.7. The van der Waals surface area contributed by atoms with Crippen LogP contribution in [0.5, 0.6) is 5.75 Å². The van der Waals surface area contributed by atoms with E-state index in [1.165, 1.54) is 30.3 Å². The minimum Gasteiger partial charge on any atom is -0.508 e. The highest BCUT2D eigenvalue weighted by Crippen LogP contribution is 2.20. The van der Waals surface area contributed by atoms with E-state index in [0.717, 1.165) is 0 Å². The molecular weight excluding hydrogens is 430 g/mol. The van der Waals surface area contributed by atoms with Gasteiger partial charge in [0.05, 0.1) is 15.5 Å². The molecular formula is C20H24ClN3O5S. The summed E-state index contributed by atoms with van der Waals surface area (Å²) < 4.78 is 27.0. The second-order valence-corrected chi connectivity index (χ2v) is 8.95. The Morgan fingerprint density at radius 1 is 1.03 bits per heavy atom. The molecule has 2 amide bonds. The predicted molar refractivity (Wildman–Crippen MR) is 114 cm³/mol. The fourth-order valence-corrected chi connectivity index (χ4v) is 4.04. The van der Waals surface area contributed by atoms with Gasteiger partial charge in [0.1, 0.15) is 5.75 Å². The Kier molecular flexibility index (Phi) is 8.22. The maximum Gasteiger partial charge on any atom is 0.252 e. The third-order valence-electron chi connectivity index (χ3n) is 3.92. The summed E-state index contributed by atoms with van der Waals surface area (Å²) in [6.07, 6.45) is 0.445. The van der Waals surface area contributed by atoms with Crippen LogP contribution in [0, 0.1) is 0 Å². The molecule has 2 aromatic rings. The smallest absolute Gasteiger partial charge is 0.252 e. The second-order valence-electron chi connectivity index (χ2n) is 6.83. The van der Waals surface area contributed by atoms with Gasteiger partial charge in [0.25, 0.3) is 11.8 Å². The summed E-state index contributed by atoms with van der Waals surface area (Å²) in [6, 6.07) is 9.60. The summed E-state index contributed by atoms with van der Waals surface area (Å²) in [5.74, 6) is -0.851. The van der Waals surface area contributed by atoms with Crippen molar-refractivity contribution in [3.05, 3.63) is 58.6 Å². The summed E-state index contributed by atoms with van der Waals surface area (Å²) in [7, 11) is -3.75. The Morgan fingerprint density at radius 3 is 2.33 bits per heavy atom. The van der Waals surface area contributed by atoms with Gasteiger partial charge in [-0.2, -0.15) is 0 Å². The van der Waals surface area contributed by atoms with E-state index in [2.05, 4.69) is 15.4 Å². The van der Waals surface area contributed by atoms with Gasteiger partial charge in [0.15, 0.2) is 0 Å². The van der Waals surface area contributed by atoms with Gasteiger partial charge >= 0.3 is 0 Å². The zero-order valence-electron chi connectivity index (χ0n) is 16.6. The summed E-state index contributed by atoms with van der Waals surface area (Å²) in [4.78, 5) is 24.3. The number of nitrogens with one attached hydrogen (secondary N) is 3. The van der Waals surface area contributed by atoms with E-state index >= 15 is 0 Å². The first-order chi connectivity index (χ1) is 14.1. The van der Waals surface area contributed by atoms with Gasteiger partial charge in [0.2, 0.25) is 10.0 Å². The van der Waals surface area contributed by atoms with Crippen LogP contribution in [-0.4, -0.2) is 44.5 Å². The summed E-state index contributed by atoms with van der Waals surface area (Å²) in [6.45, 7) is 3.94. The molecule has 162 valence electrons. The zero-order valence-corrected chi connectivity index (χ0v) is 18.2. The van der Waals surface area contributed by atoms with Crippen LogP contribution in [0.1, 0.15) is 41.0 Å². The molecule has 8 nitrogen and oxygen atoms in total. The molecule has 0 fully saturated rings. The number of halogens is 1. The van der Waals surface area contributed by atoms with Crippen LogP contribution in [0.3, 0.4) is 0 Å².